The van der Waals surface area contributed by atoms with Crippen molar-refractivity contribution in [1.82, 2.24) is 5.32 Å². The molecular formula is C17H26N2. The maximum absolute atomic E-state index is 3.44. The number of hydrogen-bond donors (Lipinski definition) is 1. The lowest BCUT2D eigenvalue weighted by molar-refractivity contribution is 0.326. The fourth-order valence-corrected chi connectivity index (χ4v) is 3.91. The average Bonchev–Trinajstić information content (AvgIpc) is 2.47. The Labute approximate surface area is 117 Å². The molecule has 0 aromatic heterocycles. The van der Waals surface area contributed by atoms with E-state index in [4.69, 9.17) is 0 Å². The van der Waals surface area contributed by atoms with Gasteiger partial charge in [-0.05, 0) is 64.1 Å². The van der Waals surface area contributed by atoms with Crippen LogP contribution in [-0.2, 0) is 6.42 Å². The molecule has 1 aromatic rings. The molecule has 3 rings (SSSR count). The van der Waals surface area contributed by atoms with Crippen LogP contribution in [0.1, 0.15) is 44.6 Å². The first-order valence-electron chi connectivity index (χ1n) is 7.83. The summed E-state index contributed by atoms with van der Waals surface area (Å²) >= 11 is 0. The van der Waals surface area contributed by atoms with Crippen molar-refractivity contribution in [2.75, 3.05) is 11.9 Å². The number of fused-ring (bicyclic) bond motifs is 1. The summed E-state index contributed by atoms with van der Waals surface area (Å²) in [5.41, 5.74) is 3.06. The maximum atomic E-state index is 3.44. The van der Waals surface area contributed by atoms with Gasteiger partial charge in [-0.25, -0.2) is 0 Å². The Hall–Kier alpha value is -1.02. The molecule has 0 amide bonds. The quantitative estimate of drug-likeness (QED) is 0.875. The number of para-hydroxylation sites is 1. The number of rotatable bonds is 2. The highest BCUT2D eigenvalue weighted by Gasteiger charge is 2.31. The average molecular weight is 258 g/mol. The van der Waals surface area contributed by atoms with Crippen LogP contribution in [0.5, 0.6) is 0 Å². The second-order valence-electron chi connectivity index (χ2n) is 6.22. The second-order valence-corrected chi connectivity index (χ2v) is 6.22. The highest BCUT2D eigenvalue weighted by Crippen LogP contribution is 2.36. The summed E-state index contributed by atoms with van der Waals surface area (Å²) in [4.78, 5) is 2.73. The van der Waals surface area contributed by atoms with E-state index in [2.05, 4.69) is 48.5 Å². The fraction of sp³-hybridized carbons (Fsp3) is 0.647. The molecule has 1 aliphatic heterocycles. The molecule has 104 valence electrons. The van der Waals surface area contributed by atoms with E-state index in [1.54, 1.807) is 5.56 Å². The van der Waals surface area contributed by atoms with Crippen molar-refractivity contribution in [1.29, 1.82) is 0 Å². The minimum absolute atomic E-state index is 0.700. The van der Waals surface area contributed by atoms with Crippen LogP contribution in [0.15, 0.2) is 24.3 Å². The zero-order valence-electron chi connectivity index (χ0n) is 12.2. The molecule has 0 saturated heterocycles. The van der Waals surface area contributed by atoms with Gasteiger partial charge in [-0.3, -0.25) is 0 Å². The van der Waals surface area contributed by atoms with Crippen molar-refractivity contribution in [2.45, 2.75) is 63.6 Å². The minimum Gasteiger partial charge on any atom is -0.366 e. The topological polar surface area (TPSA) is 15.3 Å². The highest BCUT2D eigenvalue weighted by atomic mass is 15.2. The SMILES string of the molecule is CNC1CCC(N2c3ccccc3CCC2C)CC1. The molecule has 1 N–H and O–H groups in total. The molecule has 1 aliphatic carbocycles. The normalized spacial score (nSPS) is 31.1. The van der Waals surface area contributed by atoms with Gasteiger partial charge in [0.25, 0.3) is 0 Å². The van der Waals surface area contributed by atoms with Crippen molar-refractivity contribution >= 4 is 5.69 Å². The lowest BCUT2D eigenvalue weighted by Crippen LogP contribution is -2.48. The first kappa shape index (κ1) is 13.0. The van der Waals surface area contributed by atoms with E-state index in [1.807, 2.05) is 0 Å². The molecule has 1 atom stereocenters. The van der Waals surface area contributed by atoms with Gasteiger partial charge in [0.05, 0.1) is 0 Å². The lowest BCUT2D eigenvalue weighted by atomic mass is 9.86. The number of nitrogens with zero attached hydrogens (tertiary/aromatic N) is 1. The van der Waals surface area contributed by atoms with Crippen molar-refractivity contribution in [3.63, 3.8) is 0 Å². The Morgan fingerprint density at radius 3 is 2.53 bits per heavy atom. The first-order chi connectivity index (χ1) is 9.29. The monoisotopic (exact) mass is 258 g/mol. The third kappa shape index (κ3) is 2.51. The summed E-state index contributed by atoms with van der Waals surface area (Å²) in [6.45, 7) is 2.40. The number of aryl methyl sites for hydroxylation is 1. The van der Waals surface area contributed by atoms with Crippen LogP contribution in [0.25, 0.3) is 0 Å². The van der Waals surface area contributed by atoms with Gasteiger partial charge in [-0.15, -0.1) is 0 Å². The van der Waals surface area contributed by atoms with Crippen molar-refractivity contribution in [3.05, 3.63) is 29.8 Å². The minimum atomic E-state index is 0.700. The van der Waals surface area contributed by atoms with Crippen LogP contribution in [0.2, 0.25) is 0 Å². The van der Waals surface area contributed by atoms with Crippen LogP contribution in [0, 0.1) is 0 Å². The largest absolute Gasteiger partial charge is 0.366 e. The molecule has 1 heterocycles. The molecule has 0 bridgehead atoms. The van der Waals surface area contributed by atoms with Gasteiger partial charge in [-0.2, -0.15) is 0 Å². The van der Waals surface area contributed by atoms with Crippen molar-refractivity contribution in [2.24, 2.45) is 0 Å². The molecule has 0 radical (unpaired) electrons. The molecule has 1 fully saturated rings. The Kier molecular flexibility index (Phi) is 3.79. The summed E-state index contributed by atoms with van der Waals surface area (Å²) in [6, 6.07) is 11.2. The highest BCUT2D eigenvalue weighted by molar-refractivity contribution is 5.57. The summed E-state index contributed by atoms with van der Waals surface area (Å²) in [5.74, 6) is 0. The molecule has 0 spiro atoms. The van der Waals surface area contributed by atoms with Crippen molar-refractivity contribution < 1.29 is 0 Å². The summed E-state index contributed by atoms with van der Waals surface area (Å²) < 4.78 is 0. The Bertz CT molecular complexity index is 421. The molecule has 1 saturated carbocycles. The predicted molar refractivity (Wildman–Crippen MR) is 81.8 cm³/mol. The molecule has 2 aliphatic rings. The summed E-state index contributed by atoms with van der Waals surface area (Å²) in [5, 5.41) is 3.44. The van der Waals surface area contributed by atoms with Crippen LogP contribution < -0.4 is 10.2 Å². The number of benzene rings is 1. The molecule has 1 aromatic carbocycles. The Balaban J connectivity index is 1.80. The first-order valence-corrected chi connectivity index (χ1v) is 7.83. The van der Waals surface area contributed by atoms with Crippen LogP contribution in [-0.4, -0.2) is 25.2 Å². The van der Waals surface area contributed by atoms with E-state index in [0.29, 0.717) is 6.04 Å². The lowest BCUT2D eigenvalue weighted by Gasteiger charge is -2.45. The van der Waals surface area contributed by atoms with Gasteiger partial charge < -0.3 is 10.2 Å². The smallest absolute Gasteiger partial charge is 0.0403 e. The fourth-order valence-electron chi connectivity index (χ4n) is 3.91. The molecule has 2 nitrogen and oxygen atoms in total. The number of hydrogen-bond acceptors (Lipinski definition) is 2. The zero-order chi connectivity index (χ0) is 13.2. The van der Waals surface area contributed by atoms with Gasteiger partial charge in [-0.1, -0.05) is 18.2 Å². The Morgan fingerprint density at radius 1 is 1.05 bits per heavy atom. The van der Waals surface area contributed by atoms with Gasteiger partial charge >= 0.3 is 0 Å². The van der Waals surface area contributed by atoms with E-state index < -0.39 is 0 Å². The third-order valence-electron chi connectivity index (χ3n) is 5.07. The van der Waals surface area contributed by atoms with E-state index in [1.165, 1.54) is 44.2 Å². The van der Waals surface area contributed by atoms with Gasteiger partial charge in [0.2, 0.25) is 0 Å². The standard InChI is InChI=1S/C17H26N2/c1-13-7-8-14-5-3-4-6-17(14)19(13)16-11-9-15(18-2)10-12-16/h3-6,13,15-16,18H,7-12H2,1-2H3. The number of anilines is 1. The van der Waals surface area contributed by atoms with E-state index in [-0.39, 0.29) is 0 Å². The van der Waals surface area contributed by atoms with Crippen LogP contribution in [0.3, 0.4) is 0 Å². The predicted octanol–water partition coefficient (Wildman–Crippen LogP) is 3.36. The van der Waals surface area contributed by atoms with E-state index in [9.17, 15) is 0 Å². The van der Waals surface area contributed by atoms with Crippen molar-refractivity contribution in [3.8, 4) is 0 Å². The van der Waals surface area contributed by atoms with E-state index >= 15 is 0 Å². The zero-order valence-corrected chi connectivity index (χ0v) is 12.2. The maximum Gasteiger partial charge on any atom is 0.0403 e. The summed E-state index contributed by atoms with van der Waals surface area (Å²) in [6.07, 6.45) is 7.89. The van der Waals surface area contributed by atoms with Crippen LogP contribution in [0.4, 0.5) is 5.69 Å². The second kappa shape index (κ2) is 5.54. The molecule has 2 heteroatoms. The van der Waals surface area contributed by atoms with Gasteiger partial charge in [0.15, 0.2) is 0 Å². The third-order valence-corrected chi connectivity index (χ3v) is 5.07. The van der Waals surface area contributed by atoms with E-state index in [0.717, 1.165) is 12.1 Å². The number of nitrogens with one attached hydrogen (secondary N) is 1. The molecule has 1 unspecified atom stereocenters. The van der Waals surface area contributed by atoms with Gasteiger partial charge in [0, 0.05) is 23.8 Å². The molecular weight excluding hydrogens is 232 g/mol. The Morgan fingerprint density at radius 2 is 1.79 bits per heavy atom. The van der Waals surface area contributed by atoms with Gasteiger partial charge in [0.1, 0.15) is 0 Å². The summed E-state index contributed by atoms with van der Waals surface area (Å²) in [7, 11) is 2.10. The molecule has 19 heavy (non-hydrogen) atoms. The van der Waals surface area contributed by atoms with Crippen LogP contribution >= 0.6 is 0 Å².